The van der Waals surface area contributed by atoms with E-state index in [2.05, 4.69) is 17.4 Å². The molecule has 5 heteroatoms. The molecule has 28 heavy (non-hydrogen) atoms. The van der Waals surface area contributed by atoms with Crippen molar-refractivity contribution in [2.45, 2.75) is 44.6 Å². The van der Waals surface area contributed by atoms with Crippen LogP contribution < -0.4 is 5.32 Å². The standard InChI is InChI=1S/C23H27ClN2O2/c1-2-21(25-22(27)16-17-6-4-3-5-7-17)23(28)26-14-12-19(13-15-26)18-8-10-20(24)11-9-18/h3-11,19,21H,2,12-16H2,1H3,(H,25,27). The number of rotatable bonds is 6. The summed E-state index contributed by atoms with van der Waals surface area (Å²) in [5, 5.41) is 3.66. The van der Waals surface area contributed by atoms with Gasteiger partial charge in [0.1, 0.15) is 6.04 Å². The van der Waals surface area contributed by atoms with E-state index in [1.54, 1.807) is 0 Å². The molecule has 1 N–H and O–H groups in total. The second kappa shape index (κ2) is 9.74. The molecule has 0 radical (unpaired) electrons. The number of likely N-dealkylation sites (tertiary alicyclic amines) is 1. The summed E-state index contributed by atoms with van der Waals surface area (Å²) in [7, 11) is 0. The third-order valence-electron chi connectivity index (χ3n) is 5.40. The van der Waals surface area contributed by atoms with Crippen molar-refractivity contribution >= 4 is 23.4 Å². The summed E-state index contributed by atoms with van der Waals surface area (Å²) in [6, 6.07) is 17.1. The Morgan fingerprint density at radius 1 is 1.07 bits per heavy atom. The van der Waals surface area contributed by atoms with Crippen LogP contribution in [0.1, 0.15) is 43.2 Å². The van der Waals surface area contributed by atoms with Crippen molar-refractivity contribution in [2.75, 3.05) is 13.1 Å². The molecule has 1 unspecified atom stereocenters. The van der Waals surface area contributed by atoms with E-state index in [0.29, 0.717) is 18.8 Å². The number of piperidine rings is 1. The van der Waals surface area contributed by atoms with E-state index in [-0.39, 0.29) is 11.8 Å². The highest BCUT2D eigenvalue weighted by Gasteiger charge is 2.28. The first-order valence-corrected chi connectivity index (χ1v) is 10.3. The van der Waals surface area contributed by atoms with Crippen LogP contribution in [0, 0.1) is 0 Å². The zero-order valence-corrected chi connectivity index (χ0v) is 17.0. The maximum atomic E-state index is 12.9. The van der Waals surface area contributed by atoms with Gasteiger partial charge in [0.15, 0.2) is 0 Å². The molecule has 4 nitrogen and oxygen atoms in total. The van der Waals surface area contributed by atoms with Crippen molar-refractivity contribution in [1.29, 1.82) is 0 Å². The number of benzene rings is 2. The average Bonchev–Trinajstić information content (AvgIpc) is 2.73. The van der Waals surface area contributed by atoms with Crippen molar-refractivity contribution in [3.05, 3.63) is 70.7 Å². The van der Waals surface area contributed by atoms with Gasteiger partial charge in [0.2, 0.25) is 11.8 Å². The summed E-state index contributed by atoms with van der Waals surface area (Å²) < 4.78 is 0. The molecule has 0 aromatic heterocycles. The quantitative estimate of drug-likeness (QED) is 0.793. The minimum absolute atomic E-state index is 0.0264. The van der Waals surface area contributed by atoms with Gasteiger partial charge >= 0.3 is 0 Å². The molecule has 1 atom stereocenters. The molecule has 148 valence electrons. The molecule has 1 fully saturated rings. The normalized spacial score (nSPS) is 15.9. The van der Waals surface area contributed by atoms with Crippen LogP contribution >= 0.6 is 11.6 Å². The van der Waals surface area contributed by atoms with Crippen LogP contribution in [0.25, 0.3) is 0 Å². The lowest BCUT2D eigenvalue weighted by molar-refractivity contribution is -0.137. The van der Waals surface area contributed by atoms with Crippen molar-refractivity contribution < 1.29 is 9.59 Å². The average molecular weight is 399 g/mol. The fraction of sp³-hybridized carbons (Fsp3) is 0.391. The predicted octanol–water partition coefficient (Wildman–Crippen LogP) is 4.18. The van der Waals surface area contributed by atoms with Gasteiger partial charge < -0.3 is 10.2 Å². The number of halogens is 1. The Morgan fingerprint density at radius 2 is 1.71 bits per heavy atom. The van der Waals surface area contributed by atoms with Crippen LogP contribution in [0.15, 0.2) is 54.6 Å². The van der Waals surface area contributed by atoms with Gasteiger partial charge in [-0.15, -0.1) is 0 Å². The van der Waals surface area contributed by atoms with E-state index in [1.165, 1.54) is 5.56 Å². The number of carbonyl (C=O) groups is 2. The number of amides is 2. The fourth-order valence-corrected chi connectivity index (χ4v) is 3.88. The molecule has 0 aliphatic carbocycles. The minimum Gasteiger partial charge on any atom is -0.344 e. The molecule has 1 aliphatic heterocycles. The molecule has 2 aromatic rings. The summed E-state index contributed by atoms with van der Waals surface area (Å²) in [6.45, 7) is 3.38. The zero-order valence-electron chi connectivity index (χ0n) is 16.2. The SMILES string of the molecule is CCC(NC(=O)Cc1ccccc1)C(=O)N1CCC(c2ccc(Cl)cc2)CC1. The Kier molecular flexibility index (Phi) is 7.10. The first kappa shape index (κ1) is 20.4. The topological polar surface area (TPSA) is 49.4 Å². The number of hydrogen-bond donors (Lipinski definition) is 1. The lowest BCUT2D eigenvalue weighted by atomic mass is 9.89. The predicted molar refractivity (Wildman–Crippen MR) is 112 cm³/mol. The van der Waals surface area contributed by atoms with Gasteiger partial charge in [0.05, 0.1) is 6.42 Å². The van der Waals surface area contributed by atoms with Crippen LogP contribution in [0.3, 0.4) is 0 Å². The second-order valence-electron chi connectivity index (χ2n) is 7.34. The van der Waals surface area contributed by atoms with Crippen molar-refractivity contribution in [3.63, 3.8) is 0 Å². The Hall–Kier alpha value is -2.33. The van der Waals surface area contributed by atoms with Gasteiger partial charge in [0, 0.05) is 18.1 Å². The van der Waals surface area contributed by atoms with Crippen molar-refractivity contribution in [2.24, 2.45) is 0 Å². The maximum absolute atomic E-state index is 12.9. The summed E-state index contributed by atoms with van der Waals surface area (Å²) in [5.74, 6) is 0.370. The Balaban J connectivity index is 1.52. The van der Waals surface area contributed by atoms with Crippen molar-refractivity contribution in [1.82, 2.24) is 10.2 Å². The summed E-state index contributed by atoms with van der Waals surface area (Å²) in [6.07, 6.45) is 2.75. The molecule has 2 aromatic carbocycles. The third kappa shape index (κ3) is 5.35. The highest BCUT2D eigenvalue weighted by atomic mass is 35.5. The van der Waals surface area contributed by atoms with Gasteiger partial charge in [0.25, 0.3) is 0 Å². The first-order valence-electron chi connectivity index (χ1n) is 9.94. The monoisotopic (exact) mass is 398 g/mol. The van der Waals surface area contributed by atoms with Gasteiger partial charge in [-0.05, 0) is 48.4 Å². The zero-order chi connectivity index (χ0) is 19.9. The summed E-state index contributed by atoms with van der Waals surface area (Å²) in [4.78, 5) is 27.1. The smallest absolute Gasteiger partial charge is 0.245 e. The first-order chi connectivity index (χ1) is 13.6. The van der Waals surface area contributed by atoms with Gasteiger partial charge in [-0.2, -0.15) is 0 Å². The largest absolute Gasteiger partial charge is 0.344 e. The highest BCUT2D eigenvalue weighted by Crippen LogP contribution is 2.29. The molecular formula is C23H27ClN2O2. The molecule has 1 saturated heterocycles. The summed E-state index contributed by atoms with van der Waals surface area (Å²) >= 11 is 5.97. The van der Waals surface area contributed by atoms with E-state index in [0.717, 1.165) is 36.5 Å². The molecule has 1 aliphatic rings. The summed E-state index contributed by atoms with van der Waals surface area (Å²) in [5.41, 5.74) is 2.23. The minimum atomic E-state index is -0.455. The van der Waals surface area contributed by atoms with Gasteiger partial charge in [-0.3, -0.25) is 9.59 Å². The van der Waals surface area contributed by atoms with Crippen LogP contribution in [-0.4, -0.2) is 35.8 Å². The lowest BCUT2D eigenvalue weighted by Crippen LogP contribution is -2.50. The Bertz CT molecular complexity index is 784. The lowest BCUT2D eigenvalue weighted by Gasteiger charge is -2.34. The molecule has 2 amide bonds. The van der Waals surface area contributed by atoms with Gasteiger partial charge in [-0.1, -0.05) is 61.0 Å². The molecule has 0 bridgehead atoms. The van der Waals surface area contributed by atoms with Crippen LogP contribution in [0.5, 0.6) is 0 Å². The number of nitrogens with zero attached hydrogens (tertiary/aromatic N) is 1. The number of hydrogen-bond acceptors (Lipinski definition) is 2. The third-order valence-corrected chi connectivity index (χ3v) is 5.65. The molecule has 0 saturated carbocycles. The number of nitrogens with one attached hydrogen (secondary N) is 1. The van der Waals surface area contributed by atoms with Crippen LogP contribution in [-0.2, 0) is 16.0 Å². The van der Waals surface area contributed by atoms with E-state index in [4.69, 9.17) is 11.6 Å². The maximum Gasteiger partial charge on any atom is 0.245 e. The molecular weight excluding hydrogens is 372 g/mol. The molecule has 1 heterocycles. The Labute approximate surface area is 171 Å². The molecule has 0 spiro atoms. The fourth-order valence-electron chi connectivity index (χ4n) is 3.75. The second-order valence-corrected chi connectivity index (χ2v) is 7.78. The van der Waals surface area contributed by atoms with E-state index in [9.17, 15) is 9.59 Å². The Morgan fingerprint density at radius 3 is 2.32 bits per heavy atom. The van der Waals surface area contributed by atoms with Crippen molar-refractivity contribution in [3.8, 4) is 0 Å². The van der Waals surface area contributed by atoms with E-state index < -0.39 is 6.04 Å². The van der Waals surface area contributed by atoms with Gasteiger partial charge in [-0.25, -0.2) is 0 Å². The van der Waals surface area contributed by atoms with Crippen LogP contribution in [0.4, 0.5) is 0 Å². The van der Waals surface area contributed by atoms with E-state index >= 15 is 0 Å². The van der Waals surface area contributed by atoms with E-state index in [1.807, 2.05) is 54.3 Å². The molecule has 3 rings (SSSR count). The highest BCUT2D eigenvalue weighted by molar-refractivity contribution is 6.30. The van der Waals surface area contributed by atoms with Crippen LogP contribution in [0.2, 0.25) is 5.02 Å². The number of carbonyl (C=O) groups excluding carboxylic acids is 2.